The van der Waals surface area contributed by atoms with E-state index in [0.717, 1.165) is 12.8 Å². The first-order valence-electron chi connectivity index (χ1n) is 4.40. The number of hydrogen-bond acceptors (Lipinski definition) is 2. The van der Waals surface area contributed by atoms with Crippen molar-refractivity contribution in [3.63, 3.8) is 0 Å². The highest BCUT2D eigenvalue weighted by atomic mass is 16.3. The molecule has 0 heterocycles. The normalized spacial score (nSPS) is 14.4. The maximum Gasteiger partial charge on any atom is 0.0657 e. The Labute approximate surface area is 80.2 Å². The zero-order chi connectivity index (χ0) is 9.03. The topological polar surface area (TPSA) is 55.2 Å². The van der Waals surface area contributed by atoms with Crippen LogP contribution < -0.4 is 6.15 Å². The Kier molecular flexibility index (Phi) is 4.67. The molecule has 0 saturated carbocycles. The molecule has 1 aromatic rings. The average Bonchev–Trinajstić information content (AvgIpc) is 2.06. The predicted octanol–water partition coefficient (Wildman–Crippen LogP) is 2.55. The first-order valence-corrected chi connectivity index (χ1v) is 4.40. The van der Waals surface area contributed by atoms with Gasteiger partial charge in [-0.05, 0) is 18.9 Å². The molecule has 0 radical (unpaired) electrons. The van der Waals surface area contributed by atoms with Crippen molar-refractivity contribution in [2.75, 3.05) is 0 Å². The molecule has 0 saturated heterocycles. The highest BCUT2D eigenvalue weighted by molar-refractivity contribution is 5.16. The average molecular weight is 181 g/mol. The molecule has 1 unspecified atom stereocenters. The third-order valence-electron chi connectivity index (χ3n) is 2.19. The zero-order valence-electron chi connectivity index (χ0n) is 8.46. The van der Waals surface area contributed by atoms with E-state index in [9.17, 15) is 5.11 Å². The molecule has 0 spiro atoms. The molecule has 1 rings (SSSR count). The van der Waals surface area contributed by atoms with Crippen molar-refractivity contribution in [1.82, 2.24) is 6.15 Å². The van der Waals surface area contributed by atoms with E-state index >= 15 is 0 Å². The molecule has 0 amide bonds. The lowest BCUT2D eigenvalue weighted by Crippen LogP contribution is -2.25. The summed E-state index contributed by atoms with van der Waals surface area (Å²) in [6.45, 7) is 3.88. The Hall–Kier alpha value is -0.860. The first kappa shape index (κ1) is 12.1. The molecule has 0 aliphatic heterocycles. The van der Waals surface area contributed by atoms with Crippen LogP contribution in [-0.4, -0.2) is 10.7 Å². The monoisotopic (exact) mass is 181 g/mol. The van der Waals surface area contributed by atoms with Crippen LogP contribution in [0.2, 0.25) is 0 Å². The third-order valence-corrected chi connectivity index (χ3v) is 2.19. The summed E-state index contributed by atoms with van der Waals surface area (Å²) in [4.78, 5) is 0. The predicted molar refractivity (Wildman–Crippen MR) is 56.1 cm³/mol. The van der Waals surface area contributed by atoms with Crippen molar-refractivity contribution >= 4 is 0 Å². The smallest absolute Gasteiger partial charge is 0.0657 e. The minimum atomic E-state index is -0.554. The van der Waals surface area contributed by atoms with Crippen LogP contribution in [0.4, 0.5) is 0 Å². The van der Waals surface area contributed by atoms with Crippen molar-refractivity contribution in [3.8, 4) is 0 Å². The van der Waals surface area contributed by atoms with E-state index in [1.54, 1.807) is 0 Å². The quantitative estimate of drug-likeness (QED) is 0.753. The van der Waals surface area contributed by atoms with Gasteiger partial charge < -0.3 is 11.3 Å². The Morgan fingerprint density at radius 2 is 1.77 bits per heavy atom. The van der Waals surface area contributed by atoms with Crippen molar-refractivity contribution in [1.29, 1.82) is 0 Å². The summed E-state index contributed by atoms with van der Waals surface area (Å²) < 4.78 is 0. The van der Waals surface area contributed by atoms with Gasteiger partial charge in [0.25, 0.3) is 0 Å². The van der Waals surface area contributed by atoms with Crippen LogP contribution in [0, 0.1) is 0 Å². The van der Waals surface area contributed by atoms with E-state index in [4.69, 9.17) is 0 Å². The molecule has 0 fully saturated rings. The van der Waals surface area contributed by atoms with E-state index in [0.29, 0.717) is 0 Å². The summed E-state index contributed by atoms with van der Waals surface area (Å²) in [5.41, 5.74) is 0.644. The number of aliphatic hydroxyl groups is 1. The SMILES string of the molecule is CCC(C)(O)Cc1ccccc1.N. The fourth-order valence-corrected chi connectivity index (χ4v) is 1.16. The second kappa shape index (κ2) is 5.00. The Bertz CT molecular complexity index is 231. The molecule has 74 valence electrons. The summed E-state index contributed by atoms with van der Waals surface area (Å²) in [5.74, 6) is 0. The van der Waals surface area contributed by atoms with Crippen molar-refractivity contribution in [2.24, 2.45) is 0 Å². The van der Waals surface area contributed by atoms with Gasteiger partial charge in [0.15, 0.2) is 0 Å². The molecular formula is C11H19NO. The lowest BCUT2D eigenvalue weighted by atomic mass is 9.94. The van der Waals surface area contributed by atoms with Gasteiger partial charge in [-0.2, -0.15) is 0 Å². The first-order chi connectivity index (χ1) is 5.64. The summed E-state index contributed by atoms with van der Waals surface area (Å²) in [6.07, 6.45) is 1.53. The molecule has 0 aliphatic carbocycles. The van der Waals surface area contributed by atoms with E-state index in [1.807, 2.05) is 44.2 Å². The molecule has 0 aromatic heterocycles. The molecule has 2 heteroatoms. The summed E-state index contributed by atoms with van der Waals surface area (Å²) in [7, 11) is 0. The highest BCUT2D eigenvalue weighted by Crippen LogP contribution is 2.15. The standard InChI is InChI=1S/C11H16O.H3N/c1-3-11(2,12)9-10-7-5-4-6-8-10;/h4-8,12H,3,9H2,1-2H3;1H3. The Morgan fingerprint density at radius 3 is 2.23 bits per heavy atom. The fourth-order valence-electron chi connectivity index (χ4n) is 1.16. The number of benzene rings is 1. The van der Waals surface area contributed by atoms with E-state index in [-0.39, 0.29) is 6.15 Å². The summed E-state index contributed by atoms with van der Waals surface area (Å²) in [6, 6.07) is 10.1. The zero-order valence-corrected chi connectivity index (χ0v) is 8.46. The summed E-state index contributed by atoms with van der Waals surface area (Å²) in [5, 5.41) is 9.78. The van der Waals surface area contributed by atoms with E-state index in [1.165, 1.54) is 5.56 Å². The lowest BCUT2D eigenvalue weighted by Gasteiger charge is -2.20. The van der Waals surface area contributed by atoms with Crippen LogP contribution in [0.3, 0.4) is 0 Å². The van der Waals surface area contributed by atoms with Gasteiger partial charge in [0.05, 0.1) is 5.60 Å². The Balaban J connectivity index is 0.00000144. The van der Waals surface area contributed by atoms with Gasteiger partial charge in [-0.1, -0.05) is 37.3 Å². The molecule has 13 heavy (non-hydrogen) atoms. The van der Waals surface area contributed by atoms with Crippen molar-refractivity contribution in [3.05, 3.63) is 35.9 Å². The lowest BCUT2D eigenvalue weighted by molar-refractivity contribution is 0.0564. The van der Waals surface area contributed by atoms with E-state index < -0.39 is 5.60 Å². The van der Waals surface area contributed by atoms with Crippen molar-refractivity contribution < 1.29 is 5.11 Å². The number of hydrogen-bond donors (Lipinski definition) is 2. The number of rotatable bonds is 3. The molecule has 2 nitrogen and oxygen atoms in total. The van der Waals surface area contributed by atoms with Crippen LogP contribution in [0.1, 0.15) is 25.8 Å². The van der Waals surface area contributed by atoms with Crippen LogP contribution in [-0.2, 0) is 6.42 Å². The maximum atomic E-state index is 9.78. The van der Waals surface area contributed by atoms with Crippen LogP contribution in [0.5, 0.6) is 0 Å². The largest absolute Gasteiger partial charge is 0.390 e. The third kappa shape index (κ3) is 4.06. The van der Waals surface area contributed by atoms with Gasteiger partial charge in [0.2, 0.25) is 0 Å². The van der Waals surface area contributed by atoms with Gasteiger partial charge in [-0.15, -0.1) is 0 Å². The second-order valence-electron chi connectivity index (χ2n) is 3.51. The molecule has 0 aliphatic rings. The minimum absolute atomic E-state index is 0. The van der Waals surface area contributed by atoms with Gasteiger partial charge in [-0.25, -0.2) is 0 Å². The van der Waals surface area contributed by atoms with Crippen molar-refractivity contribution in [2.45, 2.75) is 32.3 Å². The van der Waals surface area contributed by atoms with Gasteiger partial charge in [0, 0.05) is 6.42 Å². The van der Waals surface area contributed by atoms with Crippen LogP contribution >= 0.6 is 0 Å². The highest BCUT2D eigenvalue weighted by Gasteiger charge is 2.17. The van der Waals surface area contributed by atoms with Crippen LogP contribution in [0.25, 0.3) is 0 Å². The molecular weight excluding hydrogens is 162 g/mol. The molecule has 0 bridgehead atoms. The summed E-state index contributed by atoms with van der Waals surface area (Å²) >= 11 is 0. The second-order valence-corrected chi connectivity index (χ2v) is 3.51. The van der Waals surface area contributed by atoms with Gasteiger partial charge >= 0.3 is 0 Å². The molecule has 1 atom stereocenters. The maximum absolute atomic E-state index is 9.78. The molecule has 1 aromatic carbocycles. The van der Waals surface area contributed by atoms with E-state index in [2.05, 4.69) is 0 Å². The van der Waals surface area contributed by atoms with Crippen LogP contribution in [0.15, 0.2) is 30.3 Å². The molecule has 4 N–H and O–H groups in total. The van der Waals surface area contributed by atoms with Gasteiger partial charge in [0.1, 0.15) is 0 Å². The fraction of sp³-hybridized carbons (Fsp3) is 0.455. The van der Waals surface area contributed by atoms with Gasteiger partial charge in [-0.3, -0.25) is 0 Å². The minimum Gasteiger partial charge on any atom is -0.390 e. The Morgan fingerprint density at radius 1 is 1.23 bits per heavy atom.